The molecule has 0 saturated heterocycles. The van der Waals surface area contributed by atoms with Gasteiger partial charge >= 0.3 is 0 Å². The van der Waals surface area contributed by atoms with E-state index in [1.54, 1.807) is 24.3 Å². The molecule has 5 nitrogen and oxygen atoms in total. The monoisotopic (exact) mass is 452 g/mol. The van der Waals surface area contributed by atoms with E-state index in [-0.39, 0.29) is 23.4 Å². The fourth-order valence-electron chi connectivity index (χ4n) is 4.48. The molecule has 2 aliphatic rings. The van der Waals surface area contributed by atoms with Crippen molar-refractivity contribution in [1.82, 2.24) is 5.32 Å². The smallest absolute Gasteiger partial charge is 0.264 e. The molecular weight excluding hydrogens is 431 g/mol. The summed E-state index contributed by atoms with van der Waals surface area (Å²) < 4.78 is 27.7. The van der Waals surface area contributed by atoms with Crippen molar-refractivity contribution in [3.8, 4) is 0 Å². The molecule has 2 bridgehead atoms. The van der Waals surface area contributed by atoms with E-state index in [1.807, 2.05) is 0 Å². The number of amides is 1. The summed E-state index contributed by atoms with van der Waals surface area (Å²) in [7, 11) is -3.97. The predicted octanol–water partition coefficient (Wildman–Crippen LogP) is 4.49. The minimum Gasteiger partial charge on any atom is -0.352 e. The third kappa shape index (κ3) is 4.39. The molecule has 3 atom stereocenters. The highest BCUT2D eigenvalue weighted by Crippen LogP contribution is 2.44. The van der Waals surface area contributed by atoms with E-state index in [4.69, 9.17) is 23.2 Å². The van der Waals surface area contributed by atoms with Crippen LogP contribution in [0, 0.1) is 11.8 Å². The topological polar surface area (TPSA) is 66.5 Å². The summed E-state index contributed by atoms with van der Waals surface area (Å²) in [6.07, 6.45) is 4.51. The minimum atomic E-state index is -3.97. The Morgan fingerprint density at radius 1 is 1.03 bits per heavy atom. The molecule has 1 N–H and O–H groups in total. The number of nitrogens with zero attached hydrogens (tertiary/aromatic N) is 1. The second-order valence-corrected chi connectivity index (χ2v) is 10.5. The fourth-order valence-corrected chi connectivity index (χ4v) is 6.21. The normalized spacial score (nSPS) is 23.2. The van der Waals surface area contributed by atoms with Gasteiger partial charge in [-0.1, -0.05) is 35.7 Å². The van der Waals surface area contributed by atoms with Crippen LogP contribution in [-0.4, -0.2) is 26.9 Å². The Bertz CT molecular complexity index is 1010. The van der Waals surface area contributed by atoms with Gasteiger partial charge < -0.3 is 5.32 Å². The van der Waals surface area contributed by atoms with E-state index in [0.717, 1.165) is 23.6 Å². The number of sulfonamides is 1. The summed E-state index contributed by atoms with van der Waals surface area (Å²) in [5.41, 5.74) is 0.343. The largest absolute Gasteiger partial charge is 0.352 e. The third-order valence-corrected chi connectivity index (χ3v) is 8.14. The van der Waals surface area contributed by atoms with Crippen molar-refractivity contribution >= 4 is 44.8 Å². The second kappa shape index (κ2) is 8.17. The number of halogens is 2. The highest BCUT2D eigenvalue weighted by atomic mass is 35.5. The van der Waals surface area contributed by atoms with Gasteiger partial charge in [-0.15, -0.1) is 0 Å². The first-order chi connectivity index (χ1) is 13.8. The van der Waals surface area contributed by atoms with Gasteiger partial charge in [0.25, 0.3) is 10.0 Å². The second-order valence-electron chi connectivity index (χ2n) is 7.79. The molecule has 8 heteroatoms. The summed E-state index contributed by atoms with van der Waals surface area (Å²) in [5, 5.41) is 3.89. The highest BCUT2D eigenvalue weighted by Gasteiger charge is 2.40. The number of fused-ring (bicyclic) bond motifs is 2. The number of nitrogens with one attached hydrogen (secondary N) is 1. The van der Waals surface area contributed by atoms with Crippen LogP contribution in [0.5, 0.6) is 0 Å². The van der Waals surface area contributed by atoms with Gasteiger partial charge in [0.15, 0.2) is 0 Å². The van der Waals surface area contributed by atoms with E-state index >= 15 is 0 Å². The van der Waals surface area contributed by atoms with E-state index in [0.29, 0.717) is 27.6 Å². The molecular formula is C21H22Cl2N2O3S. The molecule has 0 spiro atoms. The molecule has 0 aliphatic heterocycles. The minimum absolute atomic E-state index is 0.0644. The summed E-state index contributed by atoms with van der Waals surface area (Å²) in [6, 6.07) is 12.5. The van der Waals surface area contributed by atoms with E-state index in [9.17, 15) is 13.2 Å². The van der Waals surface area contributed by atoms with Crippen LogP contribution < -0.4 is 9.62 Å². The predicted molar refractivity (Wildman–Crippen MR) is 115 cm³/mol. The Balaban J connectivity index is 1.60. The average Bonchev–Trinajstić information content (AvgIpc) is 3.29. The summed E-state index contributed by atoms with van der Waals surface area (Å²) in [4.78, 5) is 12.9. The van der Waals surface area contributed by atoms with Crippen LogP contribution in [0.4, 0.5) is 5.69 Å². The van der Waals surface area contributed by atoms with Crippen molar-refractivity contribution in [1.29, 1.82) is 0 Å². The first kappa shape index (κ1) is 20.5. The zero-order valence-electron chi connectivity index (χ0n) is 15.7. The lowest BCUT2D eigenvalue weighted by Gasteiger charge is -2.27. The van der Waals surface area contributed by atoms with Gasteiger partial charge in [0.2, 0.25) is 5.91 Å². The quantitative estimate of drug-likeness (QED) is 0.701. The first-order valence-electron chi connectivity index (χ1n) is 9.66. The van der Waals surface area contributed by atoms with E-state index < -0.39 is 10.0 Å². The Hall–Kier alpha value is -1.76. The first-order valence-corrected chi connectivity index (χ1v) is 11.9. The maximum Gasteiger partial charge on any atom is 0.264 e. The van der Waals surface area contributed by atoms with Gasteiger partial charge in [-0.2, -0.15) is 0 Å². The highest BCUT2D eigenvalue weighted by molar-refractivity contribution is 7.92. The van der Waals surface area contributed by atoms with Crippen LogP contribution in [0.3, 0.4) is 0 Å². The number of benzene rings is 2. The Morgan fingerprint density at radius 3 is 2.41 bits per heavy atom. The van der Waals surface area contributed by atoms with Crippen LogP contribution in [0.1, 0.15) is 25.7 Å². The number of anilines is 1. The SMILES string of the molecule is O=C(CN(c1cccc(Cl)c1)S(=O)(=O)c1ccc(Cl)cc1)N[C@H]1C[C@H]2CC[C@@H]1C2. The Morgan fingerprint density at radius 2 is 1.79 bits per heavy atom. The maximum absolute atomic E-state index is 13.3. The van der Waals surface area contributed by atoms with Crippen LogP contribution >= 0.6 is 23.2 Å². The summed E-state index contributed by atoms with van der Waals surface area (Å²) in [6.45, 7) is -0.306. The molecule has 2 aromatic rings. The van der Waals surface area contributed by atoms with Crippen molar-refractivity contribution in [2.75, 3.05) is 10.8 Å². The number of carbonyl (C=O) groups is 1. The molecule has 2 fully saturated rings. The van der Waals surface area contributed by atoms with Crippen molar-refractivity contribution < 1.29 is 13.2 Å². The number of hydrogen-bond donors (Lipinski definition) is 1. The van der Waals surface area contributed by atoms with Crippen LogP contribution in [0.15, 0.2) is 53.4 Å². The third-order valence-electron chi connectivity index (χ3n) is 5.87. The van der Waals surface area contributed by atoms with Crippen molar-refractivity contribution in [2.45, 2.75) is 36.6 Å². The van der Waals surface area contributed by atoms with Gasteiger partial charge in [-0.05, 0) is 73.6 Å². The fraction of sp³-hybridized carbons (Fsp3) is 0.381. The van der Waals surface area contributed by atoms with Crippen molar-refractivity contribution in [2.24, 2.45) is 11.8 Å². The number of carbonyl (C=O) groups excluding carboxylic acids is 1. The lowest BCUT2D eigenvalue weighted by atomic mass is 9.95. The van der Waals surface area contributed by atoms with Gasteiger partial charge in [0.1, 0.15) is 6.54 Å². The molecule has 0 aromatic heterocycles. The lowest BCUT2D eigenvalue weighted by Crippen LogP contribution is -2.46. The molecule has 0 heterocycles. The molecule has 4 rings (SSSR count). The van der Waals surface area contributed by atoms with E-state index in [2.05, 4.69) is 5.32 Å². The molecule has 0 unspecified atom stereocenters. The molecule has 154 valence electrons. The average molecular weight is 453 g/mol. The Labute approximate surface area is 181 Å². The van der Waals surface area contributed by atoms with Crippen LogP contribution in [0.25, 0.3) is 0 Å². The standard InChI is InChI=1S/C21H22Cl2N2O3S/c22-16-6-8-19(9-7-16)29(27,28)25(18-3-1-2-17(23)12-18)13-21(26)24-20-11-14-4-5-15(20)10-14/h1-3,6-9,12,14-15,20H,4-5,10-11,13H2,(H,24,26)/t14-,15+,20-/m0/s1. The van der Waals surface area contributed by atoms with Gasteiger partial charge in [-0.25, -0.2) is 8.42 Å². The molecule has 2 aromatic carbocycles. The maximum atomic E-state index is 13.3. The van der Waals surface area contributed by atoms with Crippen LogP contribution in [0.2, 0.25) is 10.0 Å². The number of rotatable bonds is 6. The molecule has 2 aliphatic carbocycles. The van der Waals surface area contributed by atoms with Crippen LogP contribution in [-0.2, 0) is 14.8 Å². The van der Waals surface area contributed by atoms with Crippen molar-refractivity contribution in [3.05, 3.63) is 58.6 Å². The molecule has 0 radical (unpaired) electrons. The summed E-state index contributed by atoms with van der Waals surface area (Å²) >= 11 is 12.0. The number of hydrogen-bond acceptors (Lipinski definition) is 3. The Kier molecular flexibility index (Phi) is 5.78. The molecule has 29 heavy (non-hydrogen) atoms. The van der Waals surface area contributed by atoms with Gasteiger partial charge in [0, 0.05) is 16.1 Å². The van der Waals surface area contributed by atoms with E-state index in [1.165, 1.54) is 30.7 Å². The zero-order chi connectivity index (χ0) is 20.6. The zero-order valence-corrected chi connectivity index (χ0v) is 18.1. The molecule has 1 amide bonds. The molecule has 2 saturated carbocycles. The van der Waals surface area contributed by atoms with Crippen molar-refractivity contribution in [3.63, 3.8) is 0 Å². The van der Waals surface area contributed by atoms with Gasteiger partial charge in [-0.3, -0.25) is 9.10 Å². The lowest BCUT2D eigenvalue weighted by molar-refractivity contribution is -0.120. The summed E-state index contributed by atoms with van der Waals surface area (Å²) in [5.74, 6) is 0.892. The van der Waals surface area contributed by atoms with Gasteiger partial charge in [0.05, 0.1) is 10.6 Å².